The fourth-order valence-corrected chi connectivity index (χ4v) is 3.65. The maximum Gasteiger partial charge on any atom is 0.339 e. The van der Waals surface area contributed by atoms with Gasteiger partial charge in [0.2, 0.25) is 20.0 Å². The molecular weight excluding hydrogens is 460 g/mol. The van der Waals surface area contributed by atoms with E-state index in [1.807, 2.05) is 0 Å². The average molecular weight is 493 g/mol. The van der Waals surface area contributed by atoms with Gasteiger partial charge in [-0.25, -0.2) is 31.1 Å². The van der Waals surface area contributed by atoms with Crippen LogP contribution in [0.4, 0.5) is 11.4 Å². The summed E-state index contributed by atoms with van der Waals surface area (Å²) in [4.78, 5) is 11.3. The summed E-state index contributed by atoms with van der Waals surface area (Å²) in [5.74, 6) is -0.675. The van der Waals surface area contributed by atoms with Crippen LogP contribution in [0.3, 0.4) is 0 Å². The Labute approximate surface area is 189 Å². The summed E-state index contributed by atoms with van der Waals surface area (Å²) in [6.07, 6.45) is 0. The van der Waals surface area contributed by atoms with Gasteiger partial charge < -0.3 is 21.3 Å². The molecule has 0 aliphatic rings. The summed E-state index contributed by atoms with van der Waals surface area (Å²) >= 11 is 0. The number of anilines is 2. The van der Waals surface area contributed by atoms with E-state index in [1.54, 1.807) is 0 Å². The van der Waals surface area contributed by atoms with Crippen molar-refractivity contribution < 1.29 is 31.5 Å². The van der Waals surface area contributed by atoms with Crippen LogP contribution in [0.5, 0.6) is 0 Å². The summed E-state index contributed by atoms with van der Waals surface area (Å²) in [5, 5.41) is 8.89. The first-order valence-electron chi connectivity index (χ1n) is 8.27. The first-order valence-corrected chi connectivity index (χ1v) is 11.2. The van der Waals surface area contributed by atoms with Crippen molar-refractivity contribution >= 4 is 37.4 Å². The van der Waals surface area contributed by atoms with Gasteiger partial charge in [0.15, 0.2) is 0 Å². The Morgan fingerprint density at radius 3 is 1.75 bits per heavy atom. The van der Waals surface area contributed by atoms with Gasteiger partial charge in [-0.2, -0.15) is 0 Å². The van der Waals surface area contributed by atoms with Crippen LogP contribution < -0.4 is 20.9 Å². The number of nitrogens with one attached hydrogen (secondary N) is 2. The second-order valence-electron chi connectivity index (χ2n) is 5.67. The van der Waals surface area contributed by atoms with E-state index in [1.165, 1.54) is 57.6 Å². The molecule has 2 rings (SSSR count). The van der Waals surface area contributed by atoms with Crippen LogP contribution in [0.1, 0.15) is 30.8 Å². The zero-order valence-electron chi connectivity index (χ0n) is 16.5. The molecule has 0 bridgehead atoms. The minimum atomic E-state index is -3.59. The summed E-state index contributed by atoms with van der Waals surface area (Å²) in [6, 6.07) is 8.02. The van der Waals surface area contributed by atoms with Crippen LogP contribution in [0.15, 0.2) is 46.2 Å². The number of methoxy groups -OCH3 is 1. The molecule has 7 N–H and O–H groups in total. The lowest BCUT2D eigenvalue weighted by Gasteiger charge is -2.07. The normalized spacial score (nSPS) is 10.6. The molecule has 0 saturated carbocycles. The lowest BCUT2D eigenvalue weighted by atomic mass is 10.2. The molecule has 2 aromatic carbocycles. The molecule has 32 heavy (non-hydrogen) atoms. The van der Waals surface area contributed by atoms with E-state index in [0.29, 0.717) is 11.3 Å². The maximum atomic E-state index is 11.5. The predicted molar refractivity (Wildman–Crippen MR) is 125 cm³/mol. The predicted octanol–water partition coefficient (Wildman–Crippen LogP) is 0.905. The number of rotatable bonds is 6. The minimum absolute atomic E-state index is 0. The van der Waals surface area contributed by atoms with Crippen LogP contribution in [0, 0.1) is 0 Å². The summed E-state index contributed by atoms with van der Waals surface area (Å²) in [5.41, 5.74) is 12.0. The standard InChI is InChI=1S/C9H12N2O4S.C8H12N2O3S.2CH4/c1-11-16(13,14)6-3-4-8(10)7(5-6)9(12)15-2;1-10-14(12,13)7-2-3-8(9)6(4-7)5-11;;/h3-5,11H,10H2,1-2H3;2-4,10-11H,5,9H2,1H3;2*1H4. The van der Waals surface area contributed by atoms with Gasteiger partial charge in [-0.3, -0.25) is 0 Å². The molecule has 0 aromatic heterocycles. The van der Waals surface area contributed by atoms with Gasteiger partial charge in [-0.1, -0.05) is 14.9 Å². The van der Waals surface area contributed by atoms with Gasteiger partial charge in [-0.05, 0) is 50.5 Å². The van der Waals surface area contributed by atoms with E-state index in [4.69, 9.17) is 16.6 Å². The number of carbonyl (C=O) groups is 1. The second kappa shape index (κ2) is 13.0. The molecule has 0 spiro atoms. The van der Waals surface area contributed by atoms with Crippen molar-refractivity contribution in [2.24, 2.45) is 0 Å². The topological polar surface area (TPSA) is 191 Å². The number of carbonyl (C=O) groups excluding carboxylic acids is 1. The van der Waals surface area contributed by atoms with Crippen LogP contribution in [-0.2, 0) is 31.4 Å². The van der Waals surface area contributed by atoms with Crippen molar-refractivity contribution in [2.75, 3.05) is 32.7 Å². The van der Waals surface area contributed by atoms with Crippen molar-refractivity contribution in [1.29, 1.82) is 0 Å². The number of ether oxygens (including phenoxy) is 1. The third-order valence-electron chi connectivity index (χ3n) is 3.87. The quantitative estimate of drug-likeness (QED) is 0.288. The van der Waals surface area contributed by atoms with Crippen molar-refractivity contribution in [3.63, 3.8) is 0 Å². The van der Waals surface area contributed by atoms with Crippen LogP contribution in [0.2, 0.25) is 0 Å². The van der Waals surface area contributed by atoms with Gasteiger partial charge >= 0.3 is 5.97 Å². The highest BCUT2D eigenvalue weighted by atomic mass is 32.2. The largest absolute Gasteiger partial charge is 0.465 e. The monoisotopic (exact) mass is 492 g/mol. The lowest BCUT2D eigenvalue weighted by Crippen LogP contribution is -2.19. The molecule has 0 heterocycles. The van der Waals surface area contributed by atoms with Crippen molar-refractivity contribution in [2.45, 2.75) is 31.3 Å². The number of esters is 1. The fourth-order valence-electron chi connectivity index (χ4n) is 2.11. The number of nitrogen functional groups attached to an aromatic ring is 2. The SMILES string of the molecule is C.C.CNS(=O)(=O)c1ccc(N)c(C(=O)OC)c1.CNS(=O)(=O)c1ccc(N)c(CO)c1. The van der Waals surface area contributed by atoms with Crippen LogP contribution in [0.25, 0.3) is 0 Å². The summed E-state index contributed by atoms with van der Waals surface area (Å²) in [6.45, 7) is -0.279. The fraction of sp³-hybridized carbons (Fsp3) is 0.316. The molecule has 0 unspecified atom stereocenters. The molecule has 182 valence electrons. The first-order chi connectivity index (χ1) is 13.9. The van der Waals surface area contributed by atoms with E-state index in [0.717, 1.165) is 0 Å². The smallest absolute Gasteiger partial charge is 0.339 e. The van der Waals surface area contributed by atoms with Crippen molar-refractivity contribution in [3.05, 3.63) is 47.5 Å². The van der Waals surface area contributed by atoms with E-state index in [-0.39, 0.29) is 42.5 Å². The highest BCUT2D eigenvalue weighted by Gasteiger charge is 2.17. The number of sulfonamides is 2. The Morgan fingerprint density at radius 1 is 0.906 bits per heavy atom. The molecule has 11 nitrogen and oxygen atoms in total. The molecule has 13 heteroatoms. The summed E-state index contributed by atoms with van der Waals surface area (Å²) < 4.78 is 54.4. The van der Waals surface area contributed by atoms with E-state index in [9.17, 15) is 21.6 Å². The van der Waals surface area contributed by atoms with Gasteiger partial charge in [0.05, 0.1) is 29.1 Å². The van der Waals surface area contributed by atoms with E-state index >= 15 is 0 Å². The molecule has 0 aliphatic carbocycles. The Hall–Kier alpha value is -2.71. The molecule has 0 atom stereocenters. The number of nitrogens with two attached hydrogens (primary N) is 2. The minimum Gasteiger partial charge on any atom is -0.465 e. The maximum absolute atomic E-state index is 11.5. The highest BCUT2D eigenvalue weighted by Crippen LogP contribution is 2.19. The van der Waals surface area contributed by atoms with Gasteiger partial charge in [0, 0.05) is 16.9 Å². The zero-order valence-corrected chi connectivity index (χ0v) is 18.2. The van der Waals surface area contributed by atoms with E-state index < -0.39 is 26.0 Å². The van der Waals surface area contributed by atoms with Crippen LogP contribution >= 0.6 is 0 Å². The Morgan fingerprint density at radius 2 is 1.34 bits per heavy atom. The lowest BCUT2D eigenvalue weighted by molar-refractivity contribution is 0.0601. The average Bonchev–Trinajstić information content (AvgIpc) is 2.74. The molecule has 0 aliphatic heterocycles. The highest BCUT2D eigenvalue weighted by molar-refractivity contribution is 7.89. The van der Waals surface area contributed by atoms with E-state index in [2.05, 4.69) is 14.2 Å². The van der Waals surface area contributed by atoms with Crippen molar-refractivity contribution in [1.82, 2.24) is 9.44 Å². The molecule has 0 saturated heterocycles. The number of aliphatic hydroxyl groups is 1. The number of hydrogen-bond acceptors (Lipinski definition) is 9. The molecule has 0 fully saturated rings. The van der Waals surface area contributed by atoms with Gasteiger partial charge in [0.25, 0.3) is 0 Å². The summed E-state index contributed by atoms with van der Waals surface area (Å²) in [7, 11) is -3.26. The van der Waals surface area contributed by atoms with Gasteiger partial charge in [0.1, 0.15) is 0 Å². The van der Waals surface area contributed by atoms with Crippen LogP contribution in [-0.4, -0.2) is 49.1 Å². The first kappa shape index (κ1) is 31.5. The third kappa shape index (κ3) is 7.76. The molecule has 0 radical (unpaired) electrons. The molecule has 2 aromatic rings. The zero-order chi connectivity index (χ0) is 23.1. The Bertz CT molecular complexity index is 1120. The Kier molecular flexibility index (Phi) is 12.8. The van der Waals surface area contributed by atoms with Gasteiger partial charge in [-0.15, -0.1) is 0 Å². The molecular formula is C19H32N4O7S2. The second-order valence-corrected chi connectivity index (χ2v) is 9.45. The number of hydrogen-bond donors (Lipinski definition) is 5. The number of aliphatic hydroxyl groups excluding tert-OH is 1. The van der Waals surface area contributed by atoms with Crippen molar-refractivity contribution in [3.8, 4) is 0 Å². The Balaban J connectivity index is 0. The number of benzene rings is 2. The third-order valence-corrected chi connectivity index (χ3v) is 6.70. The molecule has 0 amide bonds.